The molecule has 1 aliphatic rings. The largest absolute Gasteiger partial charge is 0.477 e. The second-order valence-electron chi connectivity index (χ2n) is 3.97. The lowest BCUT2D eigenvalue weighted by Crippen LogP contribution is -2.14. The number of hydrogen-bond acceptors (Lipinski definition) is 3. The minimum Gasteiger partial charge on any atom is -0.477 e. The minimum atomic E-state index is 0.452. The van der Waals surface area contributed by atoms with Gasteiger partial charge in [-0.1, -0.05) is 30.3 Å². The average Bonchev–Trinajstić information content (AvgIpc) is 2.78. The summed E-state index contributed by atoms with van der Waals surface area (Å²) < 4.78 is 7.41. The summed E-state index contributed by atoms with van der Waals surface area (Å²) in [6.07, 6.45) is 1.72. The average molecular weight is 228 g/mol. The lowest BCUT2D eigenvalue weighted by molar-refractivity contribution is 0.111. The van der Waals surface area contributed by atoms with Gasteiger partial charge in [-0.2, -0.15) is 5.10 Å². The van der Waals surface area contributed by atoms with Crippen LogP contribution >= 0.6 is 0 Å². The number of aryl methyl sites for hydroxylation is 1. The predicted octanol–water partition coefficient (Wildman–Crippen LogP) is 2.15. The monoisotopic (exact) mass is 228 g/mol. The van der Waals surface area contributed by atoms with Crippen molar-refractivity contribution >= 4 is 6.29 Å². The SMILES string of the molecule is O=Cc1nn2c(c1-c1ccccc1)OCCC2. The third-order valence-corrected chi connectivity index (χ3v) is 2.86. The van der Waals surface area contributed by atoms with E-state index in [1.165, 1.54) is 0 Å². The zero-order valence-electron chi connectivity index (χ0n) is 9.30. The number of aromatic nitrogens is 2. The van der Waals surface area contributed by atoms with Crippen LogP contribution in [-0.2, 0) is 6.54 Å². The van der Waals surface area contributed by atoms with Gasteiger partial charge in [-0.15, -0.1) is 0 Å². The number of nitrogens with zero attached hydrogens (tertiary/aromatic N) is 2. The smallest absolute Gasteiger partial charge is 0.220 e. The van der Waals surface area contributed by atoms with Crippen molar-refractivity contribution in [1.29, 1.82) is 0 Å². The van der Waals surface area contributed by atoms with Gasteiger partial charge in [0.25, 0.3) is 0 Å². The van der Waals surface area contributed by atoms with Gasteiger partial charge in [-0.05, 0) is 5.56 Å². The van der Waals surface area contributed by atoms with Gasteiger partial charge in [0.15, 0.2) is 6.29 Å². The molecule has 0 N–H and O–H groups in total. The summed E-state index contributed by atoms with van der Waals surface area (Å²) >= 11 is 0. The Labute approximate surface area is 98.8 Å². The van der Waals surface area contributed by atoms with E-state index < -0.39 is 0 Å². The molecule has 0 radical (unpaired) electrons. The third kappa shape index (κ3) is 1.62. The first-order valence-electron chi connectivity index (χ1n) is 5.64. The molecule has 0 amide bonds. The van der Waals surface area contributed by atoms with Gasteiger partial charge in [0.2, 0.25) is 5.88 Å². The number of carbonyl (C=O) groups is 1. The summed E-state index contributed by atoms with van der Waals surface area (Å²) in [5.41, 5.74) is 2.23. The Kier molecular flexibility index (Phi) is 2.40. The lowest BCUT2D eigenvalue weighted by atomic mass is 10.1. The summed E-state index contributed by atoms with van der Waals surface area (Å²) in [6, 6.07) is 9.75. The summed E-state index contributed by atoms with van der Waals surface area (Å²) in [6.45, 7) is 1.49. The number of rotatable bonds is 2. The van der Waals surface area contributed by atoms with Crippen molar-refractivity contribution in [2.24, 2.45) is 0 Å². The van der Waals surface area contributed by atoms with Crippen LogP contribution in [0.2, 0.25) is 0 Å². The highest BCUT2D eigenvalue weighted by molar-refractivity contribution is 5.88. The van der Waals surface area contributed by atoms with E-state index in [2.05, 4.69) is 5.10 Å². The zero-order valence-corrected chi connectivity index (χ0v) is 9.30. The normalized spacial score (nSPS) is 13.9. The summed E-state index contributed by atoms with van der Waals surface area (Å²) in [5, 5.41) is 4.27. The van der Waals surface area contributed by atoms with Crippen LogP contribution in [-0.4, -0.2) is 22.7 Å². The highest BCUT2D eigenvalue weighted by Crippen LogP contribution is 2.34. The van der Waals surface area contributed by atoms with Crippen molar-refractivity contribution in [3.63, 3.8) is 0 Å². The van der Waals surface area contributed by atoms with Crippen LogP contribution in [0.25, 0.3) is 11.1 Å². The molecule has 0 spiro atoms. The zero-order chi connectivity index (χ0) is 11.7. The molecule has 4 nitrogen and oxygen atoms in total. The fourth-order valence-electron chi connectivity index (χ4n) is 2.10. The van der Waals surface area contributed by atoms with E-state index in [0.29, 0.717) is 18.2 Å². The molecule has 17 heavy (non-hydrogen) atoms. The van der Waals surface area contributed by atoms with Gasteiger partial charge in [-0.25, -0.2) is 4.68 Å². The lowest BCUT2D eigenvalue weighted by Gasteiger charge is -2.15. The van der Waals surface area contributed by atoms with Crippen molar-refractivity contribution in [2.75, 3.05) is 6.61 Å². The number of benzene rings is 1. The van der Waals surface area contributed by atoms with Crippen molar-refractivity contribution in [3.05, 3.63) is 36.0 Å². The molecule has 0 atom stereocenters. The molecule has 0 saturated heterocycles. The molecular weight excluding hydrogens is 216 g/mol. The molecule has 0 aliphatic carbocycles. The summed E-state index contributed by atoms with van der Waals surface area (Å²) in [7, 11) is 0. The van der Waals surface area contributed by atoms with Crippen LogP contribution in [0.3, 0.4) is 0 Å². The molecule has 0 fully saturated rings. The maximum Gasteiger partial charge on any atom is 0.220 e. The van der Waals surface area contributed by atoms with Gasteiger partial charge in [0, 0.05) is 13.0 Å². The number of aldehydes is 1. The van der Waals surface area contributed by atoms with Crippen molar-refractivity contribution in [3.8, 4) is 17.0 Å². The first-order chi connectivity index (χ1) is 8.40. The summed E-state index contributed by atoms with van der Waals surface area (Å²) in [4.78, 5) is 11.1. The van der Waals surface area contributed by atoms with Gasteiger partial charge in [-0.3, -0.25) is 4.79 Å². The van der Waals surface area contributed by atoms with E-state index in [4.69, 9.17) is 4.74 Å². The van der Waals surface area contributed by atoms with Gasteiger partial charge < -0.3 is 4.74 Å². The molecule has 1 aromatic carbocycles. The number of hydrogen-bond donors (Lipinski definition) is 0. The molecule has 2 aromatic rings. The van der Waals surface area contributed by atoms with Gasteiger partial charge >= 0.3 is 0 Å². The second kappa shape index (κ2) is 4.05. The van der Waals surface area contributed by atoms with Crippen LogP contribution in [0.15, 0.2) is 30.3 Å². The quantitative estimate of drug-likeness (QED) is 0.740. The molecule has 0 bridgehead atoms. The van der Waals surface area contributed by atoms with E-state index in [-0.39, 0.29) is 0 Å². The standard InChI is InChI=1S/C13H12N2O2/c16-9-11-12(10-5-2-1-3-6-10)13-15(14-11)7-4-8-17-13/h1-3,5-6,9H,4,7-8H2. The fraction of sp³-hybridized carbons (Fsp3) is 0.231. The molecule has 3 rings (SSSR count). The van der Waals surface area contributed by atoms with Crippen LogP contribution in [0.1, 0.15) is 16.9 Å². The highest BCUT2D eigenvalue weighted by atomic mass is 16.5. The first-order valence-corrected chi connectivity index (χ1v) is 5.64. The van der Waals surface area contributed by atoms with E-state index in [1.807, 2.05) is 30.3 Å². The topological polar surface area (TPSA) is 44.1 Å². The highest BCUT2D eigenvalue weighted by Gasteiger charge is 2.22. The molecular formula is C13H12N2O2. The van der Waals surface area contributed by atoms with Crippen molar-refractivity contribution < 1.29 is 9.53 Å². The molecule has 0 saturated carbocycles. The van der Waals surface area contributed by atoms with Crippen LogP contribution < -0.4 is 4.74 Å². The van der Waals surface area contributed by atoms with E-state index >= 15 is 0 Å². The molecule has 1 aliphatic heterocycles. The molecule has 2 heterocycles. The Bertz CT molecular complexity index is 546. The van der Waals surface area contributed by atoms with Crippen molar-refractivity contribution in [2.45, 2.75) is 13.0 Å². The predicted molar refractivity (Wildman–Crippen MR) is 63.2 cm³/mol. The molecule has 1 aromatic heterocycles. The Morgan fingerprint density at radius 3 is 2.88 bits per heavy atom. The van der Waals surface area contributed by atoms with Crippen LogP contribution in [0.4, 0.5) is 0 Å². The van der Waals surface area contributed by atoms with E-state index in [1.54, 1.807) is 4.68 Å². The Morgan fingerprint density at radius 2 is 2.12 bits per heavy atom. The second-order valence-corrected chi connectivity index (χ2v) is 3.97. The molecule has 86 valence electrons. The summed E-state index contributed by atoms with van der Waals surface area (Å²) in [5.74, 6) is 0.713. The number of ether oxygens (including phenoxy) is 1. The van der Waals surface area contributed by atoms with Crippen LogP contribution in [0.5, 0.6) is 5.88 Å². The van der Waals surface area contributed by atoms with E-state index in [9.17, 15) is 4.79 Å². The van der Waals surface area contributed by atoms with Gasteiger partial charge in [0.1, 0.15) is 5.69 Å². The Balaban J connectivity index is 2.20. The maximum absolute atomic E-state index is 11.1. The van der Waals surface area contributed by atoms with Crippen molar-refractivity contribution in [1.82, 2.24) is 9.78 Å². The number of fused-ring (bicyclic) bond motifs is 1. The van der Waals surface area contributed by atoms with Gasteiger partial charge in [0.05, 0.1) is 12.2 Å². The Morgan fingerprint density at radius 1 is 1.29 bits per heavy atom. The first kappa shape index (κ1) is 10.1. The Hall–Kier alpha value is -2.10. The number of carbonyl (C=O) groups excluding carboxylic acids is 1. The molecule has 0 unspecified atom stereocenters. The fourth-order valence-corrected chi connectivity index (χ4v) is 2.10. The van der Waals surface area contributed by atoms with E-state index in [0.717, 1.165) is 30.4 Å². The third-order valence-electron chi connectivity index (χ3n) is 2.86. The maximum atomic E-state index is 11.1. The minimum absolute atomic E-state index is 0.452. The van der Waals surface area contributed by atoms with Crippen LogP contribution in [0, 0.1) is 0 Å². The molecule has 4 heteroatoms.